The number of aliphatic hydroxyl groups excluding tert-OH is 8. The number of ether oxygens (including phenoxy) is 3. The molecule has 11 nitrogen and oxygen atoms in total. The Bertz CT molecular complexity index is 378. The van der Waals surface area contributed by atoms with Crippen LogP contribution in [0, 0.1) is 0 Å². The topological polar surface area (TPSA) is 190 Å². The second-order valence-electron chi connectivity index (χ2n) is 5.53. The van der Waals surface area contributed by atoms with E-state index in [-0.39, 0.29) is 0 Å². The van der Waals surface area contributed by atoms with E-state index in [0.29, 0.717) is 0 Å². The molecule has 0 amide bonds. The highest BCUT2D eigenvalue weighted by molar-refractivity contribution is 4.93. The van der Waals surface area contributed by atoms with E-state index >= 15 is 0 Å². The summed E-state index contributed by atoms with van der Waals surface area (Å²) < 4.78 is 15.3. The van der Waals surface area contributed by atoms with Crippen molar-refractivity contribution in [3.05, 3.63) is 0 Å². The largest absolute Gasteiger partial charge is 0.394 e. The molecular weight excluding hydrogens is 320 g/mol. The summed E-state index contributed by atoms with van der Waals surface area (Å²) >= 11 is 0. The highest BCUT2D eigenvalue weighted by atomic mass is 16.7. The van der Waals surface area contributed by atoms with Gasteiger partial charge in [0, 0.05) is 0 Å². The summed E-state index contributed by atoms with van der Waals surface area (Å²) in [6.07, 6.45) is -15.6. The van der Waals surface area contributed by atoms with Gasteiger partial charge in [0.1, 0.15) is 48.8 Å². The fourth-order valence-electron chi connectivity index (χ4n) is 2.57. The van der Waals surface area contributed by atoms with Crippen molar-refractivity contribution in [2.75, 3.05) is 13.2 Å². The molecule has 136 valence electrons. The van der Waals surface area contributed by atoms with Crippen molar-refractivity contribution in [1.82, 2.24) is 0 Å². The van der Waals surface area contributed by atoms with Gasteiger partial charge in [-0.15, -0.1) is 0 Å². The van der Waals surface area contributed by atoms with Gasteiger partial charge in [-0.05, 0) is 0 Å². The van der Waals surface area contributed by atoms with Crippen molar-refractivity contribution in [3.63, 3.8) is 0 Å². The number of hydrogen-bond donors (Lipinski definition) is 8. The van der Waals surface area contributed by atoms with Gasteiger partial charge in [-0.25, -0.2) is 0 Å². The van der Waals surface area contributed by atoms with Crippen LogP contribution < -0.4 is 0 Å². The van der Waals surface area contributed by atoms with Gasteiger partial charge in [0.25, 0.3) is 0 Å². The number of hydrogen-bond acceptors (Lipinski definition) is 11. The molecule has 2 saturated heterocycles. The monoisotopic (exact) mass is 342 g/mol. The molecule has 11 heteroatoms. The maximum absolute atomic E-state index is 9.94. The SMILES string of the molecule is OCC1O[C@@H](O[C@H]2C(CO)OC(O)C(O)[C@H]2O)C(O)[C@@H](O)[C@H]1O. The van der Waals surface area contributed by atoms with Crippen molar-refractivity contribution in [2.24, 2.45) is 0 Å². The highest BCUT2D eigenvalue weighted by Gasteiger charge is 2.50. The standard InChI is InChI=1S/C12H22O11/c13-1-3-5(15)6(16)9(19)12(22-3)23-10-4(2-14)21-11(20)8(18)7(10)17/h3-20H,1-2H2/t3?,4?,5-,6-,7+,8?,9?,10-,11?,12-/m0/s1. The molecule has 0 aliphatic carbocycles. The summed E-state index contributed by atoms with van der Waals surface area (Å²) in [4.78, 5) is 0. The van der Waals surface area contributed by atoms with Crippen LogP contribution in [0.3, 0.4) is 0 Å². The minimum Gasteiger partial charge on any atom is -0.394 e. The van der Waals surface area contributed by atoms with Crippen molar-refractivity contribution in [1.29, 1.82) is 0 Å². The Morgan fingerprint density at radius 1 is 0.652 bits per heavy atom. The first-order valence-corrected chi connectivity index (χ1v) is 7.08. The molecule has 2 aliphatic rings. The summed E-state index contributed by atoms with van der Waals surface area (Å²) in [5.74, 6) is 0. The smallest absolute Gasteiger partial charge is 0.187 e. The lowest BCUT2D eigenvalue weighted by Crippen LogP contribution is -2.64. The van der Waals surface area contributed by atoms with Crippen LogP contribution in [0.2, 0.25) is 0 Å². The Hall–Kier alpha value is -0.440. The molecule has 8 N–H and O–H groups in total. The zero-order valence-electron chi connectivity index (χ0n) is 12.0. The van der Waals surface area contributed by atoms with Gasteiger partial charge >= 0.3 is 0 Å². The minimum atomic E-state index is -1.74. The van der Waals surface area contributed by atoms with E-state index in [4.69, 9.17) is 19.3 Å². The van der Waals surface area contributed by atoms with Gasteiger partial charge in [0.2, 0.25) is 0 Å². The first-order valence-electron chi connectivity index (χ1n) is 7.08. The molecule has 23 heavy (non-hydrogen) atoms. The Labute approximate surface area is 130 Å². The lowest BCUT2D eigenvalue weighted by Gasteiger charge is -2.45. The molecule has 0 aromatic rings. The molecule has 0 radical (unpaired) electrons. The second kappa shape index (κ2) is 7.63. The molecule has 2 rings (SSSR count). The Balaban J connectivity index is 2.11. The van der Waals surface area contributed by atoms with Gasteiger partial charge in [0.15, 0.2) is 12.6 Å². The predicted octanol–water partition coefficient (Wildman–Crippen LogP) is -5.40. The van der Waals surface area contributed by atoms with Crippen LogP contribution in [-0.4, -0.2) is 115 Å². The maximum atomic E-state index is 9.94. The normalized spacial score (nSPS) is 51.7. The van der Waals surface area contributed by atoms with Crippen LogP contribution in [-0.2, 0) is 14.2 Å². The van der Waals surface area contributed by atoms with Crippen LogP contribution >= 0.6 is 0 Å². The molecular formula is C12H22O11. The van der Waals surface area contributed by atoms with Crippen LogP contribution in [0.4, 0.5) is 0 Å². The Kier molecular flexibility index (Phi) is 6.27. The second-order valence-corrected chi connectivity index (χ2v) is 5.53. The van der Waals surface area contributed by atoms with Crippen LogP contribution in [0.5, 0.6) is 0 Å². The first kappa shape index (κ1) is 18.9. The molecule has 0 saturated carbocycles. The van der Waals surface area contributed by atoms with Crippen LogP contribution in [0.15, 0.2) is 0 Å². The average molecular weight is 342 g/mol. The van der Waals surface area contributed by atoms with E-state index in [1.807, 2.05) is 0 Å². The third-order valence-electron chi connectivity index (χ3n) is 3.98. The van der Waals surface area contributed by atoms with Crippen LogP contribution in [0.1, 0.15) is 0 Å². The van der Waals surface area contributed by atoms with Gasteiger partial charge in [-0.1, -0.05) is 0 Å². The lowest BCUT2D eigenvalue weighted by atomic mass is 9.97. The van der Waals surface area contributed by atoms with E-state index in [0.717, 1.165) is 0 Å². The van der Waals surface area contributed by atoms with Crippen molar-refractivity contribution < 1.29 is 55.1 Å². The molecule has 0 spiro atoms. The third-order valence-corrected chi connectivity index (χ3v) is 3.98. The third kappa shape index (κ3) is 3.65. The summed E-state index contributed by atoms with van der Waals surface area (Å²) in [6, 6.07) is 0. The number of rotatable bonds is 4. The fourth-order valence-corrected chi connectivity index (χ4v) is 2.57. The summed E-state index contributed by atoms with van der Waals surface area (Å²) in [5, 5.41) is 76.5. The molecule has 0 aromatic heterocycles. The zero-order chi connectivity index (χ0) is 17.3. The maximum Gasteiger partial charge on any atom is 0.187 e. The first-order chi connectivity index (χ1) is 10.8. The molecule has 2 fully saturated rings. The fraction of sp³-hybridized carbons (Fsp3) is 1.00. The van der Waals surface area contributed by atoms with Gasteiger partial charge in [-0.2, -0.15) is 0 Å². The zero-order valence-corrected chi connectivity index (χ0v) is 12.0. The molecule has 10 atom stereocenters. The van der Waals surface area contributed by atoms with E-state index in [9.17, 15) is 35.7 Å². The minimum absolute atomic E-state index is 0.667. The molecule has 2 aliphatic heterocycles. The van der Waals surface area contributed by atoms with Crippen LogP contribution in [0.25, 0.3) is 0 Å². The quantitative estimate of drug-likeness (QED) is 0.243. The van der Waals surface area contributed by atoms with Gasteiger partial charge < -0.3 is 55.1 Å². The van der Waals surface area contributed by atoms with Crippen molar-refractivity contribution in [3.8, 4) is 0 Å². The van der Waals surface area contributed by atoms with E-state index in [1.165, 1.54) is 0 Å². The molecule has 0 bridgehead atoms. The Morgan fingerprint density at radius 3 is 1.83 bits per heavy atom. The van der Waals surface area contributed by atoms with Crippen molar-refractivity contribution >= 4 is 0 Å². The molecule has 5 unspecified atom stereocenters. The highest BCUT2D eigenvalue weighted by Crippen LogP contribution is 2.28. The summed E-state index contributed by atoms with van der Waals surface area (Å²) in [6.45, 7) is -1.35. The van der Waals surface area contributed by atoms with Crippen molar-refractivity contribution in [2.45, 2.75) is 61.4 Å². The average Bonchev–Trinajstić information content (AvgIpc) is 2.55. The summed E-state index contributed by atoms with van der Waals surface area (Å²) in [7, 11) is 0. The van der Waals surface area contributed by atoms with E-state index < -0.39 is 74.6 Å². The van der Waals surface area contributed by atoms with Gasteiger partial charge in [0.05, 0.1) is 13.2 Å². The lowest BCUT2D eigenvalue weighted by molar-refractivity contribution is -0.355. The Morgan fingerprint density at radius 2 is 1.26 bits per heavy atom. The van der Waals surface area contributed by atoms with Gasteiger partial charge in [-0.3, -0.25) is 0 Å². The predicted molar refractivity (Wildman–Crippen MR) is 68.6 cm³/mol. The number of aliphatic hydroxyl groups is 8. The molecule has 0 aromatic carbocycles. The van der Waals surface area contributed by atoms with E-state index in [1.54, 1.807) is 0 Å². The summed E-state index contributed by atoms with van der Waals surface area (Å²) in [5.41, 5.74) is 0. The molecule has 2 heterocycles. The van der Waals surface area contributed by atoms with E-state index in [2.05, 4.69) is 0 Å².